The van der Waals surface area contributed by atoms with Crippen molar-refractivity contribution in [3.63, 3.8) is 0 Å². The Morgan fingerprint density at radius 3 is 1.75 bits per heavy atom. The molecule has 22 heteroatoms. The van der Waals surface area contributed by atoms with Crippen LogP contribution in [0.1, 0.15) is 55.4 Å². The van der Waals surface area contributed by atoms with E-state index in [9.17, 15) is 25.9 Å². The highest BCUT2D eigenvalue weighted by molar-refractivity contribution is 7.86. The molecule has 322 valence electrons. The number of halogens is 4. The van der Waals surface area contributed by atoms with Crippen molar-refractivity contribution in [2.24, 2.45) is 20.5 Å². The van der Waals surface area contributed by atoms with E-state index < -0.39 is 30.9 Å². The first kappa shape index (κ1) is 46.0. The summed E-state index contributed by atoms with van der Waals surface area (Å²) in [7, 11) is -8.90. The third-order valence-corrected chi connectivity index (χ3v) is 11.9. The molecule has 5 aromatic rings. The molecule has 6 rings (SSSR count). The molecule has 16 nitrogen and oxygen atoms in total. The highest BCUT2D eigenvalue weighted by atomic mass is 35.5. The van der Waals surface area contributed by atoms with Gasteiger partial charge < -0.3 is 14.4 Å². The van der Waals surface area contributed by atoms with Crippen molar-refractivity contribution in [3.05, 3.63) is 110 Å². The summed E-state index contributed by atoms with van der Waals surface area (Å²) in [5.74, 6) is 1.51. The van der Waals surface area contributed by atoms with Crippen LogP contribution in [-0.2, 0) is 33.1 Å². The van der Waals surface area contributed by atoms with E-state index in [1.807, 2.05) is 6.92 Å². The highest BCUT2D eigenvalue weighted by Gasteiger charge is 2.22. The standard InChI is InChI=1S/C39H38Cl4N8O8S2/c1-2-14-58-34-22-32(49-47-27-8-6-26(40)7-9-27)30(42)17-24(34)19-37-44-38(46-39(45-37)51-12-3-4-13-51)20-25-18-31(43)33(23-35(25)59-15-5-16-60(52,53)54)50-48-28-10-11-29(41)36(21-28)61(55,56)57/h6-11,17-18,21-23H,2-5,12-16,19-20H2,1H3,(H,52,53,54)(H,55,56,57). The van der Waals surface area contributed by atoms with Gasteiger partial charge >= 0.3 is 0 Å². The number of hydrogen-bond donors (Lipinski definition) is 2. The molecule has 61 heavy (non-hydrogen) atoms. The minimum absolute atomic E-state index is 0.0394. The van der Waals surface area contributed by atoms with Gasteiger partial charge in [-0.1, -0.05) is 53.3 Å². The zero-order chi connectivity index (χ0) is 43.7. The monoisotopic (exact) mass is 950 g/mol. The molecule has 0 spiro atoms. The molecule has 0 amide bonds. The van der Waals surface area contributed by atoms with E-state index in [1.165, 1.54) is 18.2 Å². The van der Waals surface area contributed by atoms with E-state index in [4.69, 9.17) is 70.8 Å². The number of benzene rings is 4. The Bertz CT molecular complexity index is 2670. The van der Waals surface area contributed by atoms with Gasteiger partial charge in [0.05, 0.1) is 45.4 Å². The summed E-state index contributed by atoms with van der Waals surface area (Å²) in [5, 5.41) is 17.7. The summed E-state index contributed by atoms with van der Waals surface area (Å²) in [6.07, 6.45) is 2.94. The van der Waals surface area contributed by atoms with Crippen molar-refractivity contribution in [1.29, 1.82) is 0 Å². The van der Waals surface area contributed by atoms with Gasteiger partial charge in [0.25, 0.3) is 20.2 Å². The average Bonchev–Trinajstić information content (AvgIpc) is 3.75. The molecule has 4 aromatic carbocycles. The van der Waals surface area contributed by atoms with E-state index in [-0.39, 0.29) is 53.0 Å². The fraction of sp³-hybridized carbons (Fsp3) is 0.308. The van der Waals surface area contributed by atoms with Gasteiger partial charge in [0.15, 0.2) is 0 Å². The van der Waals surface area contributed by atoms with Gasteiger partial charge in [0.2, 0.25) is 5.95 Å². The number of anilines is 1. The fourth-order valence-electron chi connectivity index (χ4n) is 6.00. The van der Waals surface area contributed by atoms with Crippen LogP contribution in [0, 0.1) is 0 Å². The summed E-state index contributed by atoms with van der Waals surface area (Å²) in [4.78, 5) is 16.0. The summed E-state index contributed by atoms with van der Waals surface area (Å²) in [6, 6.07) is 17.1. The lowest BCUT2D eigenvalue weighted by Crippen LogP contribution is -2.22. The highest BCUT2D eigenvalue weighted by Crippen LogP contribution is 2.38. The van der Waals surface area contributed by atoms with Crippen molar-refractivity contribution in [1.82, 2.24) is 15.0 Å². The van der Waals surface area contributed by atoms with Crippen LogP contribution in [0.2, 0.25) is 20.1 Å². The van der Waals surface area contributed by atoms with Crippen LogP contribution in [0.4, 0.5) is 28.7 Å². The molecule has 2 N–H and O–H groups in total. The largest absolute Gasteiger partial charge is 0.493 e. The number of rotatable bonds is 18. The average molecular weight is 953 g/mol. The second-order valence-corrected chi connectivity index (χ2v) is 18.3. The van der Waals surface area contributed by atoms with Crippen LogP contribution in [0.5, 0.6) is 11.5 Å². The minimum Gasteiger partial charge on any atom is -0.493 e. The maximum atomic E-state index is 11.8. The number of azo groups is 2. The smallest absolute Gasteiger partial charge is 0.296 e. The predicted octanol–water partition coefficient (Wildman–Crippen LogP) is 10.8. The first-order chi connectivity index (χ1) is 29.0. The normalized spacial score (nSPS) is 13.5. The summed E-state index contributed by atoms with van der Waals surface area (Å²) >= 11 is 25.4. The molecule has 1 aliphatic rings. The van der Waals surface area contributed by atoms with Crippen molar-refractivity contribution >= 4 is 95.3 Å². The van der Waals surface area contributed by atoms with Gasteiger partial charge in [0, 0.05) is 54.2 Å². The topological polar surface area (TPSA) is 219 Å². The molecule has 0 radical (unpaired) electrons. The lowest BCUT2D eigenvalue weighted by Gasteiger charge is -2.18. The Kier molecular flexibility index (Phi) is 15.5. The number of aromatic nitrogens is 3. The number of hydrogen-bond acceptors (Lipinski definition) is 14. The Morgan fingerprint density at radius 2 is 1.21 bits per heavy atom. The van der Waals surface area contributed by atoms with E-state index in [1.54, 1.807) is 42.5 Å². The summed E-state index contributed by atoms with van der Waals surface area (Å²) in [5.41, 5.74) is 2.36. The lowest BCUT2D eigenvalue weighted by atomic mass is 10.1. The fourth-order valence-corrected chi connectivity index (χ4v) is 8.05. The van der Waals surface area contributed by atoms with Crippen LogP contribution >= 0.6 is 46.4 Å². The predicted molar refractivity (Wildman–Crippen MR) is 233 cm³/mol. The van der Waals surface area contributed by atoms with Crippen LogP contribution < -0.4 is 14.4 Å². The third kappa shape index (κ3) is 13.2. The summed E-state index contributed by atoms with van der Waals surface area (Å²) in [6.45, 7) is 3.81. The van der Waals surface area contributed by atoms with Crippen molar-refractivity contribution < 1.29 is 35.4 Å². The maximum Gasteiger partial charge on any atom is 0.296 e. The van der Waals surface area contributed by atoms with Gasteiger partial charge in [-0.05, 0) is 80.3 Å². The maximum absolute atomic E-state index is 11.8. The molecular formula is C39H38Cl4N8O8S2. The molecule has 1 aromatic heterocycles. The zero-order valence-electron chi connectivity index (χ0n) is 32.4. The molecule has 0 unspecified atom stereocenters. The molecule has 0 aliphatic carbocycles. The zero-order valence-corrected chi connectivity index (χ0v) is 37.0. The van der Waals surface area contributed by atoms with E-state index in [0.29, 0.717) is 62.5 Å². The molecule has 0 saturated carbocycles. The van der Waals surface area contributed by atoms with Crippen LogP contribution in [0.25, 0.3) is 0 Å². The first-order valence-electron chi connectivity index (χ1n) is 18.7. The van der Waals surface area contributed by atoms with Crippen molar-refractivity contribution in [3.8, 4) is 11.5 Å². The van der Waals surface area contributed by atoms with Crippen LogP contribution in [0.15, 0.2) is 92.1 Å². The van der Waals surface area contributed by atoms with E-state index in [0.717, 1.165) is 38.4 Å². The molecule has 2 heterocycles. The van der Waals surface area contributed by atoms with E-state index >= 15 is 0 Å². The minimum atomic E-state index is -4.65. The molecule has 0 bridgehead atoms. The van der Waals surface area contributed by atoms with Crippen molar-refractivity contribution in [2.75, 3.05) is 37.0 Å². The SMILES string of the molecule is CCCOc1cc(N=Nc2ccc(Cl)cc2)c(Cl)cc1Cc1nc(Cc2cc(Cl)c(N=Nc3ccc(Cl)c(S(=O)(=O)O)c3)cc2OCCCS(=O)(=O)O)nc(N2CCCC2)n1. The second-order valence-electron chi connectivity index (χ2n) is 13.6. The summed E-state index contributed by atoms with van der Waals surface area (Å²) < 4.78 is 77.4. The van der Waals surface area contributed by atoms with Crippen LogP contribution in [0.3, 0.4) is 0 Å². The Morgan fingerprint density at radius 1 is 0.672 bits per heavy atom. The molecule has 1 saturated heterocycles. The molecule has 1 aliphatic heterocycles. The lowest BCUT2D eigenvalue weighted by molar-refractivity contribution is 0.313. The Labute approximate surface area is 372 Å². The quantitative estimate of drug-likeness (QED) is 0.0476. The molecule has 1 fully saturated rings. The van der Waals surface area contributed by atoms with Gasteiger partial charge in [-0.3, -0.25) is 9.11 Å². The van der Waals surface area contributed by atoms with E-state index in [2.05, 4.69) is 25.4 Å². The Hall–Kier alpha value is -4.53. The number of ether oxygens (including phenoxy) is 2. The first-order valence-corrected chi connectivity index (χ1v) is 23.3. The second kappa shape index (κ2) is 20.6. The van der Waals surface area contributed by atoms with Gasteiger partial charge in [-0.2, -0.15) is 37.0 Å². The third-order valence-electron chi connectivity index (χ3n) is 8.89. The van der Waals surface area contributed by atoms with Gasteiger partial charge in [-0.15, -0.1) is 10.2 Å². The Balaban J connectivity index is 1.34. The molecule has 0 atom stereocenters. The van der Waals surface area contributed by atoms with Gasteiger partial charge in [-0.25, -0.2) is 4.98 Å². The van der Waals surface area contributed by atoms with Gasteiger partial charge in [0.1, 0.15) is 39.4 Å². The van der Waals surface area contributed by atoms with Crippen molar-refractivity contribution in [2.45, 2.75) is 50.3 Å². The molecular weight excluding hydrogens is 914 g/mol. The number of nitrogens with zero attached hydrogens (tertiary/aromatic N) is 8. The van der Waals surface area contributed by atoms with Crippen LogP contribution in [-0.4, -0.2) is 72.9 Å².